The van der Waals surface area contributed by atoms with Crippen molar-refractivity contribution in [1.82, 2.24) is 0 Å². The molecule has 0 unspecified atom stereocenters. The number of phenolic OH excluding ortho intramolecular Hbond substituents is 1. The molecule has 0 aliphatic rings. The zero-order valence-corrected chi connectivity index (χ0v) is 8.04. The smallest absolute Gasteiger partial charge is 0.377 e. The summed E-state index contributed by atoms with van der Waals surface area (Å²) in [6.45, 7) is 0. The van der Waals surface area contributed by atoms with Crippen molar-refractivity contribution in [2.45, 2.75) is 12.3 Å². The number of para-hydroxylation sites is 1. The fourth-order valence-corrected chi connectivity index (χ4v) is 1.12. The summed E-state index contributed by atoms with van der Waals surface area (Å²) >= 11 is 0. The van der Waals surface area contributed by atoms with Crippen molar-refractivity contribution >= 4 is 5.97 Å². The first-order chi connectivity index (χ1) is 6.97. The quantitative estimate of drug-likeness (QED) is 0.783. The molecule has 0 aliphatic heterocycles. The van der Waals surface area contributed by atoms with Gasteiger partial charge in [0.15, 0.2) is 0 Å². The number of carbonyl (C=O) groups excluding carboxylic acids is 1. The zero-order valence-electron chi connectivity index (χ0n) is 8.04. The van der Waals surface area contributed by atoms with Crippen LogP contribution in [0.3, 0.4) is 0 Å². The van der Waals surface area contributed by atoms with Crippen molar-refractivity contribution in [3.05, 3.63) is 29.8 Å². The number of benzene rings is 1. The van der Waals surface area contributed by atoms with Crippen LogP contribution in [0.15, 0.2) is 24.3 Å². The van der Waals surface area contributed by atoms with Crippen molar-refractivity contribution in [2.24, 2.45) is 0 Å². The summed E-state index contributed by atoms with van der Waals surface area (Å²) < 4.78 is 30.2. The number of carbonyl (C=O) groups is 1. The van der Waals surface area contributed by atoms with E-state index in [4.69, 9.17) is 0 Å². The van der Waals surface area contributed by atoms with Gasteiger partial charge >= 0.3 is 11.9 Å². The fraction of sp³-hybridized carbons (Fsp3) is 0.300. The lowest BCUT2D eigenvalue weighted by Crippen LogP contribution is -2.32. The minimum Gasteiger partial charge on any atom is -0.508 e. The van der Waals surface area contributed by atoms with E-state index in [-0.39, 0.29) is 11.3 Å². The third-order valence-electron chi connectivity index (χ3n) is 1.89. The topological polar surface area (TPSA) is 46.5 Å². The number of rotatable bonds is 3. The fourth-order valence-electron chi connectivity index (χ4n) is 1.12. The highest BCUT2D eigenvalue weighted by atomic mass is 19.3. The highest BCUT2D eigenvalue weighted by molar-refractivity contribution is 5.77. The van der Waals surface area contributed by atoms with E-state index in [0.29, 0.717) is 0 Å². The molecule has 1 aromatic rings. The van der Waals surface area contributed by atoms with Crippen molar-refractivity contribution < 1.29 is 23.4 Å². The second-order valence-electron chi connectivity index (χ2n) is 3.00. The van der Waals surface area contributed by atoms with E-state index >= 15 is 0 Å². The van der Waals surface area contributed by atoms with Crippen LogP contribution in [0.1, 0.15) is 5.56 Å². The van der Waals surface area contributed by atoms with Gasteiger partial charge < -0.3 is 9.84 Å². The Hall–Kier alpha value is -1.65. The molecular formula is C10H10F2O3. The van der Waals surface area contributed by atoms with Gasteiger partial charge in [-0.1, -0.05) is 18.2 Å². The summed E-state index contributed by atoms with van der Waals surface area (Å²) in [5.41, 5.74) is 0.00731. The summed E-state index contributed by atoms with van der Waals surface area (Å²) in [6, 6.07) is 5.62. The molecule has 0 fully saturated rings. The van der Waals surface area contributed by atoms with Crippen molar-refractivity contribution in [3.8, 4) is 5.75 Å². The number of aromatic hydroxyl groups is 1. The van der Waals surface area contributed by atoms with Gasteiger partial charge in [0.1, 0.15) is 5.75 Å². The number of hydrogen-bond acceptors (Lipinski definition) is 3. The van der Waals surface area contributed by atoms with E-state index in [1.165, 1.54) is 24.3 Å². The Morgan fingerprint density at radius 3 is 2.60 bits per heavy atom. The standard InChI is InChI=1S/C10H10F2O3/c1-15-9(14)10(11,12)6-7-4-2-3-5-8(7)13/h2-5,13H,6H2,1H3. The Morgan fingerprint density at radius 1 is 1.47 bits per heavy atom. The van der Waals surface area contributed by atoms with E-state index in [2.05, 4.69) is 4.74 Å². The van der Waals surface area contributed by atoms with Crippen LogP contribution in [0.5, 0.6) is 5.75 Å². The van der Waals surface area contributed by atoms with E-state index in [1.54, 1.807) is 0 Å². The SMILES string of the molecule is COC(=O)C(F)(F)Cc1ccccc1O. The maximum Gasteiger partial charge on any atom is 0.377 e. The maximum absolute atomic E-state index is 13.1. The molecule has 0 aliphatic carbocycles. The summed E-state index contributed by atoms with van der Waals surface area (Å²) in [6.07, 6.45) is -0.869. The highest BCUT2D eigenvalue weighted by Gasteiger charge is 2.40. The normalized spacial score (nSPS) is 11.1. The van der Waals surface area contributed by atoms with Crippen LogP contribution in [0.4, 0.5) is 8.78 Å². The van der Waals surface area contributed by atoms with Gasteiger partial charge in [-0.3, -0.25) is 0 Å². The molecule has 0 bridgehead atoms. The average molecular weight is 216 g/mol. The highest BCUT2D eigenvalue weighted by Crippen LogP contribution is 2.26. The van der Waals surface area contributed by atoms with Crippen LogP contribution in [-0.2, 0) is 16.0 Å². The lowest BCUT2D eigenvalue weighted by atomic mass is 10.1. The summed E-state index contributed by atoms with van der Waals surface area (Å²) in [5, 5.41) is 9.24. The second kappa shape index (κ2) is 4.25. The van der Waals surface area contributed by atoms with Gasteiger partial charge in [0.2, 0.25) is 0 Å². The van der Waals surface area contributed by atoms with Crippen molar-refractivity contribution in [3.63, 3.8) is 0 Å². The summed E-state index contributed by atoms with van der Waals surface area (Å²) in [7, 11) is 0.890. The minimum atomic E-state index is -3.62. The van der Waals surface area contributed by atoms with Crippen LogP contribution in [0.25, 0.3) is 0 Å². The summed E-state index contributed by atoms with van der Waals surface area (Å²) in [5.74, 6) is -5.49. The Labute approximate surface area is 85.3 Å². The number of methoxy groups -OCH3 is 1. The number of hydrogen-bond donors (Lipinski definition) is 1. The first kappa shape index (κ1) is 11.4. The number of halogens is 2. The second-order valence-corrected chi connectivity index (χ2v) is 3.00. The van der Waals surface area contributed by atoms with Gasteiger partial charge in [-0.2, -0.15) is 8.78 Å². The third-order valence-corrected chi connectivity index (χ3v) is 1.89. The van der Waals surface area contributed by atoms with Crippen molar-refractivity contribution in [2.75, 3.05) is 7.11 Å². The van der Waals surface area contributed by atoms with E-state index in [1.807, 2.05) is 0 Å². The molecule has 0 heterocycles. The number of alkyl halides is 2. The van der Waals surface area contributed by atoms with E-state index in [0.717, 1.165) is 7.11 Å². The molecule has 82 valence electrons. The van der Waals surface area contributed by atoms with Crippen LogP contribution < -0.4 is 0 Å². The number of esters is 1. The number of phenols is 1. The lowest BCUT2D eigenvalue weighted by molar-refractivity contribution is -0.168. The summed E-state index contributed by atoms with van der Waals surface area (Å²) in [4.78, 5) is 10.7. The molecule has 5 heteroatoms. The lowest BCUT2D eigenvalue weighted by Gasteiger charge is -2.13. The van der Waals surface area contributed by atoms with Crippen LogP contribution in [-0.4, -0.2) is 24.1 Å². The molecular weight excluding hydrogens is 206 g/mol. The Morgan fingerprint density at radius 2 is 2.07 bits per heavy atom. The Balaban J connectivity index is 2.86. The van der Waals surface area contributed by atoms with Crippen molar-refractivity contribution in [1.29, 1.82) is 0 Å². The molecule has 0 spiro atoms. The molecule has 0 aromatic heterocycles. The molecule has 0 amide bonds. The van der Waals surface area contributed by atoms with Gasteiger partial charge in [-0.05, 0) is 6.07 Å². The molecule has 3 nitrogen and oxygen atoms in total. The van der Waals surface area contributed by atoms with E-state index < -0.39 is 18.3 Å². The van der Waals surface area contributed by atoms with Gasteiger partial charge in [0.25, 0.3) is 0 Å². The molecule has 0 saturated heterocycles. The first-order valence-electron chi connectivity index (χ1n) is 4.20. The molecule has 0 radical (unpaired) electrons. The van der Waals surface area contributed by atoms with Crippen LogP contribution in [0, 0.1) is 0 Å². The minimum absolute atomic E-state index is 0.00731. The maximum atomic E-state index is 13.1. The largest absolute Gasteiger partial charge is 0.508 e. The first-order valence-corrected chi connectivity index (χ1v) is 4.20. The average Bonchev–Trinajstić information content (AvgIpc) is 2.20. The molecule has 1 aromatic carbocycles. The molecule has 1 rings (SSSR count). The third kappa shape index (κ3) is 2.65. The molecule has 15 heavy (non-hydrogen) atoms. The Bertz CT molecular complexity index is 363. The van der Waals surface area contributed by atoms with E-state index in [9.17, 15) is 18.7 Å². The zero-order chi connectivity index (χ0) is 11.5. The predicted molar refractivity (Wildman–Crippen MR) is 48.8 cm³/mol. The molecule has 0 saturated carbocycles. The molecule has 0 atom stereocenters. The molecule has 1 N–H and O–H groups in total. The van der Waals surface area contributed by atoms with Gasteiger partial charge in [-0.15, -0.1) is 0 Å². The van der Waals surface area contributed by atoms with Crippen LogP contribution >= 0.6 is 0 Å². The van der Waals surface area contributed by atoms with Gasteiger partial charge in [-0.25, -0.2) is 4.79 Å². The van der Waals surface area contributed by atoms with Gasteiger partial charge in [0, 0.05) is 5.56 Å². The number of ether oxygens (including phenoxy) is 1. The van der Waals surface area contributed by atoms with Crippen LogP contribution in [0.2, 0.25) is 0 Å². The van der Waals surface area contributed by atoms with Gasteiger partial charge in [0.05, 0.1) is 13.5 Å². The monoisotopic (exact) mass is 216 g/mol. The Kier molecular flexibility index (Phi) is 3.24. The predicted octanol–water partition coefficient (Wildman–Crippen LogP) is 1.74.